The number of anilines is 1. The second-order valence-corrected chi connectivity index (χ2v) is 9.12. The number of benzene rings is 2. The number of imide groups is 1. The number of hydrogen-bond acceptors (Lipinski definition) is 4. The molecule has 2 amide bonds. The summed E-state index contributed by atoms with van der Waals surface area (Å²) in [6, 6.07) is 17.4. The first-order valence-electron chi connectivity index (χ1n) is 12.2. The van der Waals surface area contributed by atoms with Crippen molar-refractivity contribution in [1.82, 2.24) is 4.90 Å². The fourth-order valence-corrected chi connectivity index (χ4v) is 4.94. The van der Waals surface area contributed by atoms with E-state index in [1.807, 2.05) is 80.3 Å². The molecule has 4 rings (SSSR count). The van der Waals surface area contributed by atoms with Crippen LogP contribution in [0, 0.1) is 0 Å². The molecule has 2 aromatic rings. The summed E-state index contributed by atoms with van der Waals surface area (Å²) < 4.78 is 5.79. The summed E-state index contributed by atoms with van der Waals surface area (Å²) in [6.45, 7) is 6.58. The van der Waals surface area contributed by atoms with Crippen LogP contribution >= 0.6 is 0 Å². The van der Waals surface area contributed by atoms with E-state index >= 15 is 0 Å². The van der Waals surface area contributed by atoms with Gasteiger partial charge in [-0.25, -0.2) is 0 Å². The molecule has 5 nitrogen and oxygen atoms in total. The van der Waals surface area contributed by atoms with Gasteiger partial charge in [0, 0.05) is 18.3 Å². The summed E-state index contributed by atoms with van der Waals surface area (Å²) in [4.78, 5) is 31.3. The Bertz CT molecular complexity index is 1000. The standard InChI is InChI=1S/C28H34N2O3/c1-4-29(22-12-10-7-11-13-22)26-25(21-16-18-24(19-17-21)33-20(2)3)27(31)30(28(26)32)23-14-8-5-6-9-15-23/h7,10-13,16-20,23H,4-6,8-9,14-15H2,1-3H3. The third kappa shape index (κ3) is 4.82. The largest absolute Gasteiger partial charge is 0.491 e. The lowest BCUT2D eigenvalue weighted by atomic mass is 10.0. The van der Waals surface area contributed by atoms with Gasteiger partial charge in [0.1, 0.15) is 11.4 Å². The zero-order valence-corrected chi connectivity index (χ0v) is 19.9. The Morgan fingerprint density at radius 3 is 2.12 bits per heavy atom. The number of carbonyl (C=O) groups excluding carboxylic acids is 2. The minimum atomic E-state index is -0.172. The van der Waals surface area contributed by atoms with Gasteiger partial charge in [0.05, 0.1) is 11.7 Å². The number of hydrogen-bond donors (Lipinski definition) is 0. The van der Waals surface area contributed by atoms with Gasteiger partial charge in [-0.1, -0.05) is 56.0 Å². The van der Waals surface area contributed by atoms with Crippen molar-refractivity contribution in [3.8, 4) is 5.75 Å². The van der Waals surface area contributed by atoms with E-state index < -0.39 is 0 Å². The molecule has 1 aliphatic heterocycles. The van der Waals surface area contributed by atoms with Crippen molar-refractivity contribution in [2.75, 3.05) is 11.4 Å². The maximum Gasteiger partial charge on any atom is 0.278 e. The molecule has 0 aromatic heterocycles. The van der Waals surface area contributed by atoms with E-state index in [4.69, 9.17) is 4.74 Å². The maximum atomic E-state index is 13.9. The van der Waals surface area contributed by atoms with Gasteiger partial charge in [-0.05, 0) is 63.4 Å². The number of amides is 2. The minimum absolute atomic E-state index is 0.0296. The molecule has 33 heavy (non-hydrogen) atoms. The van der Waals surface area contributed by atoms with E-state index in [1.54, 1.807) is 4.90 Å². The van der Waals surface area contributed by atoms with Crippen molar-refractivity contribution in [1.29, 1.82) is 0 Å². The zero-order chi connectivity index (χ0) is 23.4. The maximum absolute atomic E-state index is 13.9. The summed E-state index contributed by atoms with van der Waals surface area (Å²) in [5.41, 5.74) is 2.64. The molecule has 0 spiro atoms. The Kier molecular flexibility index (Phi) is 7.17. The predicted molar refractivity (Wildman–Crippen MR) is 132 cm³/mol. The molecule has 0 atom stereocenters. The van der Waals surface area contributed by atoms with Gasteiger partial charge >= 0.3 is 0 Å². The van der Waals surface area contributed by atoms with Gasteiger partial charge in [-0.15, -0.1) is 0 Å². The van der Waals surface area contributed by atoms with Crippen LogP contribution in [0.25, 0.3) is 5.57 Å². The molecule has 1 aliphatic carbocycles. The molecular formula is C28H34N2O3. The minimum Gasteiger partial charge on any atom is -0.491 e. The van der Waals surface area contributed by atoms with E-state index in [0.29, 0.717) is 17.8 Å². The lowest BCUT2D eigenvalue weighted by molar-refractivity contribution is -0.139. The smallest absolute Gasteiger partial charge is 0.278 e. The number of ether oxygens (including phenoxy) is 1. The van der Waals surface area contributed by atoms with Gasteiger partial charge in [0.15, 0.2) is 0 Å². The van der Waals surface area contributed by atoms with Gasteiger partial charge in [0.25, 0.3) is 11.8 Å². The monoisotopic (exact) mass is 446 g/mol. The first-order chi connectivity index (χ1) is 16.0. The van der Waals surface area contributed by atoms with Crippen molar-refractivity contribution >= 4 is 23.1 Å². The summed E-state index contributed by atoms with van der Waals surface area (Å²) in [6.07, 6.45) is 6.30. The Labute approximate surface area is 197 Å². The van der Waals surface area contributed by atoms with Gasteiger partial charge < -0.3 is 9.64 Å². The number of likely N-dealkylation sites (N-methyl/N-ethyl adjacent to an activating group) is 1. The fourth-order valence-electron chi connectivity index (χ4n) is 4.94. The van der Waals surface area contributed by atoms with E-state index in [0.717, 1.165) is 42.7 Å². The highest BCUT2D eigenvalue weighted by atomic mass is 16.5. The van der Waals surface area contributed by atoms with Crippen LogP contribution in [0.15, 0.2) is 60.3 Å². The van der Waals surface area contributed by atoms with Crippen LogP contribution in [-0.2, 0) is 9.59 Å². The molecule has 0 radical (unpaired) electrons. The van der Waals surface area contributed by atoms with Crippen molar-refractivity contribution in [2.45, 2.75) is 71.4 Å². The number of carbonyl (C=O) groups is 2. The molecule has 174 valence electrons. The van der Waals surface area contributed by atoms with E-state index in [-0.39, 0.29) is 24.0 Å². The number of para-hydroxylation sites is 1. The quantitative estimate of drug-likeness (QED) is 0.398. The zero-order valence-electron chi connectivity index (χ0n) is 19.9. The third-order valence-electron chi connectivity index (χ3n) is 6.45. The Morgan fingerprint density at radius 2 is 1.55 bits per heavy atom. The van der Waals surface area contributed by atoms with E-state index in [9.17, 15) is 9.59 Å². The van der Waals surface area contributed by atoms with Crippen LogP contribution in [0.5, 0.6) is 5.75 Å². The topological polar surface area (TPSA) is 49.9 Å². The highest BCUT2D eigenvalue weighted by Gasteiger charge is 2.44. The van der Waals surface area contributed by atoms with Crippen molar-refractivity contribution in [2.24, 2.45) is 0 Å². The molecule has 5 heteroatoms. The Balaban J connectivity index is 1.79. The molecule has 0 N–H and O–H groups in total. The first kappa shape index (κ1) is 23.1. The summed E-state index contributed by atoms with van der Waals surface area (Å²) in [5.74, 6) is 0.410. The van der Waals surface area contributed by atoms with Crippen molar-refractivity contribution < 1.29 is 14.3 Å². The molecule has 0 bridgehead atoms. The van der Waals surface area contributed by atoms with Crippen LogP contribution in [0.3, 0.4) is 0 Å². The molecule has 2 aromatic carbocycles. The van der Waals surface area contributed by atoms with Gasteiger partial charge in [-0.3, -0.25) is 14.5 Å². The molecular weight excluding hydrogens is 412 g/mol. The Morgan fingerprint density at radius 1 is 0.909 bits per heavy atom. The molecule has 1 fully saturated rings. The average molecular weight is 447 g/mol. The first-order valence-corrected chi connectivity index (χ1v) is 12.2. The van der Waals surface area contributed by atoms with Crippen LogP contribution in [0.2, 0.25) is 0 Å². The lowest BCUT2D eigenvalue weighted by Crippen LogP contribution is -2.42. The summed E-state index contributed by atoms with van der Waals surface area (Å²) in [5, 5.41) is 0. The summed E-state index contributed by atoms with van der Waals surface area (Å²) in [7, 11) is 0. The van der Waals surface area contributed by atoms with Crippen molar-refractivity contribution in [3.63, 3.8) is 0 Å². The lowest BCUT2D eigenvalue weighted by Gasteiger charge is -2.28. The van der Waals surface area contributed by atoms with Crippen LogP contribution in [0.4, 0.5) is 5.69 Å². The molecule has 1 saturated carbocycles. The molecule has 0 unspecified atom stereocenters. The third-order valence-corrected chi connectivity index (χ3v) is 6.45. The number of nitrogens with zero attached hydrogens (tertiary/aromatic N) is 2. The molecule has 1 heterocycles. The van der Waals surface area contributed by atoms with Gasteiger partial charge in [0.2, 0.25) is 0 Å². The number of rotatable bonds is 7. The molecule has 0 saturated heterocycles. The van der Waals surface area contributed by atoms with E-state index in [1.165, 1.54) is 12.8 Å². The SMILES string of the molecule is CCN(C1=C(c2ccc(OC(C)C)cc2)C(=O)N(C2CCCCCC2)C1=O)c1ccccc1. The van der Waals surface area contributed by atoms with Gasteiger partial charge in [-0.2, -0.15) is 0 Å². The fraction of sp³-hybridized carbons (Fsp3) is 0.429. The van der Waals surface area contributed by atoms with Crippen LogP contribution in [-0.4, -0.2) is 35.4 Å². The Hall–Kier alpha value is -3.08. The second-order valence-electron chi connectivity index (χ2n) is 9.12. The average Bonchev–Trinajstić information content (AvgIpc) is 2.97. The highest BCUT2D eigenvalue weighted by Crippen LogP contribution is 2.37. The second kappa shape index (κ2) is 10.2. The van der Waals surface area contributed by atoms with Crippen LogP contribution in [0.1, 0.15) is 64.9 Å². The highest BCUT2D eigenvalue weighted by molar-refractivity contribution is 6.36. The normalized spacial score (nSPS) is 17.6. The summed E-state index contributed by atoms with van der Waals surface area (Å²) >= 11 is 0. The van der Waals surface area contributed by atoms with Crippen molar-refractivity contribution in [3.05, 3.63) is 65.9 Å². The van der Waals surface area contributed by atoms with E-state index in [2.05, 4.69) is 0 Å². The molecule has 2 aliphatic rings. The van der Waals surface area contributed by atoms with Crippen LogP contribution < -0.4 is 9.64 Å². The predicted octanol–water partition coefficient (Wildman–Crippen LogP) is 5.80.